The number of hydrogen-bond donors (Lipinski definition) is 2. The Balaban J connectivity index is 2.48. The Hall–Kier alpha value is -1.06. The van der Waals surface area contributed by atoms with Crippen LogP contribution in [0.15, 0.2) is 24.3 Å². The molecule has 3 N–H and O–H groups in total. The third-order valence-electron chi connectivity index (χ3n) is 2.78. The van der Waals surface area contributed by atoms with Gasteiger partial charge in [-0.15, -0.1) is 0 Å². The second kappa shape index (κ2) is 7.30. The molecule has 1 unspecified atom stereocenters. The fourth-order valence-corrected chi connectivity index (χ4v) is 1.62. The molecule has 17 heavy (non-hydrogen) atoms. The predicted octanol–water partition coefficient (Wildman–Crippen LogP) is 1.97. The molecule has 0 aromatic heterocycles. The summed E-state index contributed by atoms with van der Waals surface area (Å²) >= 11 is 0. The van der Waals surface area contributed by atoms with Crippen LogP contribution < -0.4 is 10.5 Å². The zero-order valence-corrected chi connectivity index (χ0v) is 10.7. The van der Waals surface area contributed by atoms with Crippen LogP contribution in [0.25, 0.3) is 0 Å². The van der Waals surface area contributed by atoms with Crippen LogP contribution in [-0.4, -0.2) is 24.4 Å². The molecule has 0 spiro atoms. The van der Waals surface area contributed by atoms with Crippen LogP contribution in [0.5, 0.6) is 5.75 Å². The summed E-state index contributed by atoms with van der Waals surface area (Å²) in [5.41, 5.74) is 6.58. The SMILES string of the molecule is CC(C)C(O)CCc1cccc(OCCN)c1. The molecule has 0 saturated carbocycles. The molecule has 0 aliphatic rings. The van der Waals surface area contributed by atoms with Crippen molar-refractivity contribution in [2.45, 2.75) is 32.8 Å². The van der Waals surface area contributed by atoms with Crippen molar-refractivity contribution in [3.63, 3.8) is 0 Å². The van der Waals surface area contributed by atoms with Gasteiger partial charge in [-0.1, -0.05) is 26.0 Å². The Labute approximate surface area is 104 Å². The summed E-state index contributed by atoms with van der Waals surface area (Å²) in [5.74, 6) is 1.17. The zero-order valence-electron chi connectivity index (χ0n) is 10.7. The number of benzene rings is 1. The van der Waals surface area contributed by atoms with E-state index in [1.807, 2.05) is 32.0 Å². The van der Waals surface area contributed by atoms with Crippen LogP contribution in [0.3, 0.4) is 0 Å². The Kier molecular flexibility index (Phi) is 6.01. The molecule has 0 fully saturated rings. The Morgan fingerprint density at radius 1 is 1.35 bits per heavy atom. The second-order valence-corrected chi connectivity index (χ2v) is 4.63. The lowest BCUT2D eigenvalue weighted by Gasteiger charge is -2.14. The van der Waals surface area contributed by atoms with Crippen molar-refractivity contribution < 1.29 is 9.84 Å². The van der Waals surface area contributed by atoms with Gasteiger partial charge in [0.15, 0.2) is 0 Å². The minimum absolute atomic E-state index is 0.233. The van der Waals surface area contributed by atoms with Gasteiger partial charge >= 0.3 is 0 Å². The maximum absolute atomic E-state index is 9.75. The van der Waals surface area contributed by atoms with Crippen LogP contribution in [0.2, 0.25) is 0 Å². The summed E-state index contributed by atoms with van der Waals surface area (Å²) in [6.07, 6.45) is 1.43. The minimum Gasteiger partial charge on any atom is -0.492 e. The first-order valence-electron chi connectivity index (χ1n) is 6.23. The van der Waals surface area contributed by atoms with Gasteiger partial charge in [-0.2, -0.15) is 0 Å². The molecule has 0 aliphatic heterocycles. The Morgan fingerprint density at radius 2 is 2.12 bits per heavy atom. The molecule has 0 saturated heterocycles. The normalized spacial score (nSPS) is 12.8. The highest BCUT2D eigenvalue weighted by Crippen LogP contribution is 2.16. The molecule has 1 aromatic carbocycles. The van der Waals surface area contributed by atoms with E-state index in [-0.39, 0.29) is 6.10 Å². The van der Waals surface area contributed by atoms with Gasteiger partial charge in [0.25, 0.3) is 0 Å². The molecular formula is C14H23NO2. The molecule has 1 atom stereocenters. The van der Waals surface area contributed by atoms with E-state index in [0.29, 0.717) is 19.1 Å². The molecule has 1 rings (SSSR count). The van der Waals surface area contributed by atoms with Gasteiger partial charge in [-0.3, -0.25) is 0 Å². The Morgan fingerprint density at radius 3 is 2.76 bits per heavy atom. The quantitative estimate of drug-likeness (QED) is 0.762. The molecule has 3 nitrogen and oxygen atoms in total. The minimum atomic E-state index is -0.233. The van der Waals surface area contributed by atoms with Crippen molar-refractivity contribution in [2.75, 3.05) is 13.2 Å². The first-order chi connectivity index (χ1) is 8.13. The average Bonchev–Trinajstić information content (AvgIpc) is 2.33. The molecule has 96 valence electrons. The van der Waals surface area contributed by atoms with Crippen LogP contribution in [0, 0.1) is 5.92 Å². The zero-order chi connectivity index (χ0) is 12.7. The fourth-order valence-electron chi connectivity index (χ4n) is 1.62. The van der Waals surface area contributed by atoms with E-state index in [1.165, 1.54) is 5.56 Å². The van der Waals surface area contributed by atoms with E-state index in [0.717, 1.165) is 18.6 Å². The summed E-state index contributed by atoms with van der Waals surface area (Å²) < 4.78 is 5.46. The van der Waals surface area contributed by atoms with E-state index < -0.39 is 0 Å². The number of aliphatic hydroxyl groups is 1. The van der Waals surface area contributed by atoms with Crippen molar-refractivity contribution in [3.05, 3.63) is 29.8 Å². The maximum Gasteiger partial charge on any atom is 0.119 e. The van der Waals surface area contributed by atoms with Gasteiger partial charge in [0.1, 0.15) is 12.4 Å². The van der Waals surface area contributed by atoms with Gasteiger partial charge in [0.2, 0.25) is 0 Å². The number of nitrogens with two attached hydrogens (primary N) is 1. The monoisotopic (exact) mass is 237 g/mol. The molecule has 0 heterocycles. The van der Waals surface area contributed by atoms with Crippen molar-refractivity contribution in [1.82, 2.24) is 0 Å². The highest BCUT2D eigenvalue weighted by atomic mass is 16.5. The lowest BCUT2D eigenvalue weighted by molar-refractivity contribution is 0.116. The standard InChI is InChI=1S/C14H23NO2/c1-11(2)14(16)7-6-12-4-3-5-13(10-12)17-9-8-15/h3-5,10-11,14,16H,6-9,15H2,1-2H3. The van der Waals surface area contributed by atoms with E-state index in [2.05, 4.69) is 6.07 Å². The number of aliphatic hydroxyl groups excluding tert-OH is 1. The molecule has 3 heteroatoms. The van der Waals surface area contributed by atoms with E-state index in [9.17, 15) is 5.11 Å². The highest BCUT2D eigenvalue weighted by Gasteiger charge is 2.09. The first kappa shape index (κ1) is 14.0. The largest absolute Gasteiger partial charge is 0.492 e. The number of ether oxygens (including phenoxy) is 1. The second-order valence-electron chi connectivity index (χ2n) is 4.63. The van der Waals surface area contributed by atoms with Crippen molar-refractivity contribution in [2.24, 2.45) is 11.7 Å². The van der Waals surface area contributed by atoms with Crippen molar-refractivity contribution >= 4 is 0 Å². The van der Waals surface area contributed by atoms with Gasteiger partial charge in [-0.05, 0) is 36.5 Å². The van der Waals surface area contributed by atoms with Gasteiger partial charge < -0.3 is 15.6 Å². The van der Waals surface area contributed by atoms with Crippen LogP contribution >= 0.6 is 0 Å². The van der Waals surface area contributed by atoms with Crippen molar-refractivity contribution in [3.8, 4) is 5.75 Å². The number of rotatable bonds is 7. The number of aryl methyl sites for hydroxylation is 1. The van der Waals surface area contributed by atoms with Crippen molar-refractivity contribution in [1.29, 1.82) is 0 Å². The number of hydrogen-bond acceptors (Lipinski definition) is 3. The lowest BCUT2D eigenvalue weighted by atomic mass is 9.99. The van der Waals surface area contributed by atoms with E-state index in [1.54, 1.807) is 0 Å². The summed E-state index contributed by atoms with van der Waals surface area (Å²) in [6, 6.07) is 7.98. The summed E-state index contributed by atoms with van der Waals surface area (Å²) in [7, 11) is 0. The third-order valence-corrected chi connectivity index (χ3v) is 2.78. The molecule has 0 bridgehead atoms. The topological polar surface area (TPSA) is 55.5 Å². The van der Waals surface area contributed by atoms with Crippen LogP contribution in [-0.2, 0) is 6.42 Å². The van der Waals surface area contributed by atoms with E-state index >= 15 is 0 Å². The molecule has 0 amide bonds. The Bertz CT molecular complexity index is 326. The van der Waals surface area contributed by atoms with E-state index in [4.69, 9.17) is 10.5 Å². The molecular weight excluding hydrogens is 214 g/mol. The summed E-state index contributed by atoms with van der Waals surface area (Å²) in [4.78, 5) is 0. The summed E-state index contributed by atoms with van der Waals surface area (Å²) in [6.45, 7) is 5.13. The fraction of sp³-hybridized carbons (Fsp3) is 0.571. The highest BCUT2D eigenvalue weighted by molar-refractivity contribution is 5.28. The van der Waals surface area contributed by atoms with Gasteiger partial charge in [0.05, 0.1) is 6.10 Å². The maximum atomic E-state index is 9.75. The lowest BCUT2D eigenvalue weighted by Crippen LogP contribution is -2.15. The molecule has 1 aromatic rings. The molecule has 0 aliphatic carbocycles. The predicted molar refractivity (Wildman–Crippen MR) is 70.2 cm³/mol. The average molecular weight is 237 g/mol. The third kappa shape index (κ3) is 5.20. The smallest absolute Gasteiger partial charge is 0.119 e. The van der Waals surface area contributed by atoms with Gasteiger partial charge in [-0.25, -0.2) is 0 Å². The summed E-state index contributed by atoms with van der Waals surface area (Å²) in [5, 5.41) is 9.75. The van der Waals surface area contributed by atoms with Crippen LogP contribution in [0.1, 0.15) is 25.8 Å². The first-order valence-corrected chi connectivity index (χ1v) is 6.23. The van der Waals surface area contributed by atoms with Gasteiger partial charge in [0, 0.05) is 6.54 Å². The molecule has 0 radical (unpaired) electrons. The van der Waals surface area contributed by atoms with Crippen LogP contribution in [0.4, 0.5) is 0 Å².